The minimum Gasteiger partial charge on any atom is -0.493 e. The van der Waals surface area contributed by atoms with Crippen molar-refractivity contribution in [2.45, 2.75) is 0 Å². The maximum absolute atomic E-state index is 12.8. The van der Waals surface area contributed by atoms with Crippen LogP contribution in [0.3, 0.4) is 0 Å². The highest BCUT2D eigenvalue weighted by Crippen LogP contribution is 2.35. The molecule has 0 aliphatic heterocycles. The van der Waals surface area contributed by atoms with Gasteiger partial charge in [0.1, 0.15) is 12.2 Å². The van der Waals surface area contributed by atoms with E-state index >= 15 is 0 Å². The number of para-hydroxylation sites is 1. The normalized spacial score (nSPS) is 10.2. The van der Waals surface area contributed by atoms with Gasteiger partial charge in [0.25, 0.3) is 11.6 Å². The fraction of sp³-hybridized carbons (Fsp3) is 0.167. The largest absolute Gasteiger partial charge is 0.493 e. The number of carbonyl (C=O) groups is 2. The zero-order valence-electron chi connectivity index (χ0n) is 19.1. The first-order valence-electron chi connectivity index (χ1n) is 10.4. The molecule has 0 radical (unpaired) electrons. The van der Waals surface area contributed by atoms with E-state index in [9.17, 15) is 19.7 Å². The second-order valence-electron chi connectivity index (χ2n) is 7.10. The van der Waals surface area contributed by atoms with Crippen molar-refractivity contribution in [3.63, 3.8) is 0 Å². The van der Waals surface area contributed by atoms with Crippen molar-refractivity contribution in [1.82, 2.24) is 0 Å². The lowest BCUT2D eigenvalue weighted by Gasteiger charge is -2.13. The highest BCUT2D eigenvalue weighted by molar-refractivity contribution is 6.07. The van der Waals surface area contributed by atoms with Gasteiger partial charge >= 0.3 is 6.03 Å². The van der Waals surface area contributed by atoms with Gasteiger partial charge in [-0.3, -0.25) is 14.9 Å². The molecular weight excluding hydrogens is 456 g/mol. The van der Waals surface area contributed by atoms with E-state index in [4.69, 9.17) is 14.2 Å². The van der Waals surface area contributed by atoms with Crippen molar-refractivity contribution >= 4 is 34.7 Å². The SMILES string of the molecule is COCCOc1cc([N+](=O)[O-])c(C(=O)Nc2ccc(NC(=O)Nc3ccccc3)cc2)cc1OC. The molecule has 0 aliphatic carbocycles. The third kappa shape index (κ3) is 6.92. The lowest BCUT2D eigenvalue weighted by molar-refractivity contribution is -0.385. The molecule has 11 nitrogen and oxygen atoms in total. The number of hydrogen-bond donors (Lipinski definition) is 3. The molecule has 0 fully saturated rings. The number of methoxy groups -OCH3 is 2. The molecule has 0 aliphatic rings. The topological polar surface area (TPSA) is 141 Å². The highest BCUT2D eigenvalue weighted by atomic mass is 16.6. The van der Waals surface area contributed by atoms with Gasteiger partial charge < -0.3 is 30.2 Å². The maximum Gasteiger partial charge on any atom is 0.323 e. The number of amides is 3. The number of nitrogens with one attached hydrogen (secondary N) is 3. The van der Waals surface area contributed by atoms with Crippen LogP contribution in [0, 0.1) is 10.1 Å². The molecule has 0 atom stereocenters. The summed E-state index contributed by atoms with van der Waals surface area (Å²) in [5.74, 6) is -0.418. The summed E-state index contributed by atoms with van der Waals surface area (Å²) in [6.07, 6.45) is 0. The van der Waals surface area contributed by atoms with Gasteiger partial charge in [-0.25, -0.2) is 4.79 Å². The number of urea groups is 1. The van der Waals surface area contributed by atoms with Gasteiger partial charge in [-0.1, -0.05) is 18.2 Å². The molecule has 3 N–H and O–H groups in total. The Morgan fingerprint density at radius 2 is 1.43 bits per heavy atom. The Morgan fingerprint density at radius 1 is 0.829 bits per heavy atom. The highest BCUT2D eigenvalue weighted by Gasteiger charge is 2.25. The molecule has 0 spiro atoms. The van der Waals surface area contributed by atoms with Gasteiger partial charge in [0.2, 0.25) is 0 Å². The Kier molecular flexibility index (Phi) is 8.57. The molecule has 3 aromatic carbocycles. The Balaban J connectivity index is 1.70. The third-order valence-corrected chi connectivity index (χ3v) is 4.70. The van der Waals surface area contributed by atoms with Crippen LogP contribution in [0.5, 0.6) is 11.5 Å². The van der Waals surface area contributed by atoms with Crippen molar-refractivity contribution in [3.05, 3.63) is 82.4 Å². The van der Waals surface area contributed by atoms with Crippen molar-refractivity contribution < 1.29 is 28.7 Å². The Hall–Kier alpha value is -4.64. The van der Waals surface area contributed by atoms with E-state index in [2.05, 4.69) is 16.0 Å². The van der Waals surface area contributed by atoms with E-state index in [0.717, 1.165) is 6.07 Å². The van der Waals surface area contributed by atoms with Crippen molar-refractivity contribution in [2.24, 2.45) is 0 Å². The number of carbonyl (C=O) groups excluding carboxylic acids is 2. The first kappa shape index (κ1) is 25.0. The summed E-state index contributed by atoms with van der Waals surface area (Å²) in [5, 5.41) is 19.6. The van der Waals surface area contributed by atoms with Gasteiger partial charge in [0, 0.05) is 30.2 Å². The number of benzene rings is 3. The number of nitro groups is 1. The van der Waals surface area contributed by atoms with Gasteiger partial charge in [-0.2, -0.15) is 0 Å². The van der Waals surface area contributed by atoms with Crippen LogP contribution in [-0.4, -0.2) is 44.3 Å². The fourth-order valence-electron chi connectivity index (χ4n) is 3.04. The third-order valence-electron chi connectivity index (χ3n) is 4.70. The number of ether oxygens (including phenoxy) is 3. The standard InChI is InChI=1S/C24H24N4O7/c1-33-12-13-35-22-15-20(28(31)32)19(14-21(22)34-2)23(29)25-17-8-10-18(11-9-17)27-24(30)26-16-6-4-3-5-7-16/h3-11,14-15H,12-13H2,1-2H3,(H,25,29)(H2,26,27,30). The predicted octanol–water partition coefficient (Wildman–Crippen LogP) is 4.52. The summed E-state index contributed by atoms with van der Waals surface area (Å²) < 4.78 is 15.6. The lowest BCUT2D eigenvalue weighted by Crippen LogP contribution is -2.19. The smallest absolute Gasteiger partial charge is 0.323 e. The quantitative estimate of drug-likeness (QED) is 0.220. The van der Waals surface area contributed by atoms with Gasteiger partial charge in [-0.15, -0.1) is 0 Å². The molecule has 182 valence electrons. The zero-order chi connectivity index (χ0) is 25.2. The summed E-state index contributed by atoms with van der Waals surface area (Å²) in [6.45, 7) is 0.428. The number of nitrogens with zero attached hydrogens (tertiary/aromatic N) is 1. The van der Waals surface area contributed by atoms with Crippen LogP contribution in [0.1, 0.15) is 10.4 Å². The second-order valence-corrected chi connectivity index (χ2v) is 7.10. The summed E-state index contributed by atoms with van der Waals surface area (Å²) in [7, 11) is 2.87. The van der Waals surface area contributed by atoms with Crippen LogP contribution in [0.15, 0.2) is 66.7 Å². The molecule has 0 bridgehead atoms. The van der Waals surface area contributed by atoms with Crippen LogP contribution in [-0.2, 0) is 4.74 Å². The molecule has 11 heteroatoms. The molecular formula is C24H24N4O7. The molecule has 3 rings (SSSR count). The maximum atomic E-state index is 12.8. The average molecular weight is 480 g/mol. The van der Waals surface area contributed by atoms with Gasteiger partial charge in [-0.05, 0) is 36.4 Å². The summed E-state index contributed by atoms with van der Waals surface area (Å²) in [5.41, 5.74) is 0.863. The number of hydrogen-bond acceptors (Lipinski definition) is 7. The molecule has 35 heavy (non-hydrogen) atoms. The minimum atomic E-state index is -0.707. The van der Waals surface area contributed by atoms with E-state index in [-0.39, 0.29) is 30.3 Å². The second kappa shape index (κ2) is 12.0. The fourth-order valence-corrected chi connectivity index (χ4v) is 3.04. The van der Waals surface area contributed by atoms with Crippen LogP contribution < -0.4 is 25.4 Å². The van der Waals surface area contributed by atoms with Crippen molar-refractivity contribution in [2.75, 3.05) is 43.4 Å². The number of nitro benzene ring substituents is 1. The van der Waals surface area contributed by atoms with E-state index < -0.39 is 22.5 Å². The molecule has 0 unspecified atom stereocenters. The summed E-state index contributed by atoms with van der Waals surface area (Å²) >= 11 is 0. The van der Waals surface area contributed by atoms with E-state index in [1.165, 1.54) is 20.3 Å². The van der Waals surface area contributed by atoms with Crippen LogP contribution in [0.2, 0.25) is 0 Å². The van der Waals surface area contributed by atoms with Crippen LogP contribution >= 0.6 is 0 Å². The Labute approximate surface area is 201 Å². The van der Waals surface area contributed by atoms with Crippen molar-refractivity contribution in [1.29, 1.82) is 0 Å². The molecule has 3 amide bonds. The monoisotopic (exact) mass is 480 g/mol. The predicted molar refractivity (Wildman–Crippen MR) is 130 cm³/mol. The van der Waals surface area contributed by atoms with Gasteiger partial charge in [0.15, 0.2) is 11.5 Å². The lowest BCUT2D eigenvalue weighted by atomic mass is 10.1. The van der Waals surface area contributed by atoms with E-state index in [1.807, 2.05) is 6.07 Å². The summed E-state index contributed by atoms with van der Waals surface area (Å²) in [4.78, 5) is 35.9. The Morgan fingerprint density at radius 3 is 2.00 bits per heavy atom. The number of anilines is 3. The first-order chi connectivity index (χ1) is 16.9. The molecule has 0 saturated heterocycles. The molecule has 0 saturated carbocycles. The zero-order valence-corrected chi connectivity index (χ0v) is 19.1. The number of rotatable bonds is 10. The first-order valence-corrected chi connectivity index (χ1v) is 10.4. The minimum absolute atomic E-state index is 0.122. The van der Waals surface area contributed by atoms with Crippen molar-refractivity contribution in [3.8, 4) is 11.5 Å². The molecule has 3 aromatic rings. The Bertz CT molecular complexity index is 1180. The summed E-state index contributed by atoms with van der Waals surface area (Å²) in [6, 6.07) is 17.2. The van der Waals surface area contributed by atoms with Crippen LogP contribution in [0.25, 0.3) is 0 Å². The van der Waals surface area contributed by atoms with E-state index in [0.29, 0.717) is 17.1 Å². The van der Waals surface area contributed by atoms with Gasteiger partial charge in [0.05, 0.1) is 24.7 Å². The molecule has 0 aromatic heterocycles. The van der Waals surface area contributed by atoms with E-state index in [1.54, 1.807) is 48.5 Å². The molecule has 0 heterocycles. The van der Waals surface area contributed by atoms with Crippen LogP contribution in [0.4, 0.5) is 27.5 Å². The average Bonchev–Trinajstić information content (AvgIpc) is 2.85.